The van der Waals surface area contributed by atoms with Gasteiger partial charge in [0.05, 0.1) is 41.8 Å². The Bertz CT molecular complexity index is 3560. The molecule has 0 unspecified atom stereocenters. The van der Waals surface area contributed by atoms with E-state index in [4.69, 9.17) is 32.1 Å². The molecule has 0 heterocycles. The maximum atomic E-state index is 13.6. The van der Waals surface area contributed by atoms with E-state index in [1.165, 1.54) is 0 Å². The molecule has 0 fully saturated rings. The van der Waals surface area contributed by atoms with Gasteiger partial charge in [0, 0.05) is 22.3 Å². The first kappa shape index (κ1) is 45.2. The van der Waals surface area contributed by atoms with Gasteiger partial charge in [-0.15, -0.1) is 0 Å². The number of carbonyl (C=O) groups is 2. The topological polar surface area (TPSA) is 127 Å². The van der Waals surface area contributed by atoms with Gasteiger partial charge in [0.15, 0.2) is 0 Å². The Balaban J connectivity index is 0.790. The van der Waals surface area contributed by atoms with E-state index in [-0.39, 0.29) is 37.8 Å². The number of nitriles is 2. The highest BCUT2D eigenvalue weighted by Gasteiger charge is 2.46. The predicted molar refractivity (Wildman–Crippen MR) is 276 cm³/mol. The van der Waals surface area contributed by atoms with Crippen LogP contribution in [0.1, 0.15) is 65.2 Å². The fraction of sp³-hybridized carbons (Fsp3) is 0.0794. The van der Waals surface area contributed by atoms with E-state index < -0.39 is 17.4 Å². The molecule has 10 heteroatoms. The zero-order valence-electron chi connectivity index (χ0n) is 38.9. The molecule has 0 N–H and O–H groups in total. The van der Waals surface area contributed by atoms with Crippen molar-refractivity contribution >= 4 is 23.1 Å². The maximum absolute atomic E-state index is 13.6. The fourth-order valence-corrected chi connectivity index (χ4v) is 10.7. The molecule has 0 spiro atoms. The van der Waals surface area contributed by atoms with Gasteiger partial charge in [-0.25, -0.2) is 29.8 Å². The minimum absolute atomic E-state index is 0.0139. The lowest BCUT2D eigenvalue weighted by Crippen LogP contribution is -2.28. The predicted octanol–water partition coefficient (Wildman–Crippen LogP) is 12.9. The molecule has 3 aliphatic rings. The van der Waals surface area contributed by atoms with E-state index in [0.29, 0.717) is 56.0 Å². The summed E-state index contributed by atoms with van der Waals surface area (Å²) in [4.78, 5) is 34.2. The molecule has 0 amide bonds. The molecule has 11 rings (SSSR count). The second-order valence-electron chi connectivity index (χ2n) is 17.3. The van der Waals surface area contributed by atoms with Crippen LogP contribution in [0.4, 0.5) is 0 Å². The number of hydrogen-bond acceptors (Lipinski definition) is 8. The van der Waals surface area contributed by atoms with Crippen molar-refractivity contribution in [3.05, 3.63) is 272 Å². The van der Waals surface area contributed by atoms with Gasteiger partial charge >= 0.3 is 11.9 Å². The lowest BCUT2D eigenvalue weighted by Gasteiger charge is -2.34. The second-order valence-corrected chi connectivity index (χ2v) is 17.3. The van der Waals surface area contributed by atoms with Crippen molar-refractivity contribution in [2.75, 3.05) is 26.4 Å². The quantitative estimate of drug-likeness (QED) is 0.0513. The van der Waals surface area contributed by atoms with Crippen molar-refractivity contribution in [3.8, 4) is 57.0 Å². The van der Waals surface area contributed by atoms with Crippen LogP contribution in [-0.2, 0) is 14.9 Å². The van der Waals surface area contributed by atoms with Gasteiger partial charge < -0.3 is 18.9 Å². The smallest absolute Gasteiger partial charge is 0.338 e. The number of hydrogen-bond donors (Lipinski definition) is 0. The van der Waals surface area contributed by atoms with Crippen molar-refractivity contribution < 1.29 is 28.5 Å². The Hall–Kier alpha value is -10.3. The molecule has 0 saturated carbocycles. The van der Waals surface area contributed by atoms with Crippen LogP contribution in [-0.4, -0.2) is 38.4 Å². The number of benzene rings is 8. The molecule has 346 valence electrons. The first-order valence-electron chi connectivity index (χ1n) is 23.4. The van der Waals surface area contributed by atoms with Crippen LogP contribution in [0.2, 0.25) is 0 Å². The Morgan fingerprint density at radius 2 is 0.781 bits per heavy atom. The molecule has 73 heavy (non-hydrogen) atoms. The summed E-state index contributed by atoms with van der Waals surface area (Å²) in [5.74, 6) is 0.134. The number of rotatable bonds is 12. The van der Waals surface area contributed by atoms with Crippen LogP contribution in [0.15, 0.2) is 193 Å². The third-order valence-corrected chi connectivity index (χ3v) is 13.6. The molecule has 8 aromatic rings. The first-order valence-corrected chi connectivity index (χ1v) is 23.4. The molecule has 0 aliphatic heterocycles. The van der Waals surface area contributed by atoms with E-state index in [1.807, 2.05) is 97.1 Å². The summed E-state index contributed by atoms with van der Waals surface area (Å²) in [5.41, 5.74) is 13.1. The highest BCUT2D eigenvalue weighted by molar-refractivity contribution is 6.11. The summed E-state index contributed by atoms with van der Waals surface area (Å²) in [5, 5.41) is 19.5. The summed E-state index contributed by atoms with van der Waals surface area (Å²) in [6, 6.07) is 62.2. The number of nitrogens with zero attached hydrogens (tertiary/aromatic N) is 4. The van der Waals surface area contributed by atoms with E-state index in [0.717, 1.165) is 55.6 Å². The van der Waals surface area contributed by atoms with E-state index in [1.54, 1.807) is 24.3 Å². The van der Waals surface area contributed by atoms with Gasteiger partial charge in [-0.1, -0.05) is 146 Å². The van der Waals surface area contributed by atoms with Gasteiger partial charge in [0.1, 0.15) is 37.9 Å². The summed E-state index contributed by atoms with van der Waals surface area (Å²) in [7, 11) is 0. The lowest BCUT2D eigenvalue weighted by molar-refractivity contribution is 0.0443. The van der Waals surface area contributed by atoms with Crippen molar-refractivity contribution in [1.82, 2.24) is 0 Å². The highest BCUT2D eigenvalue weighted by Crippen LogP contribution is 2.56. The summed E-state index contributed by atoms with van der Waals surface area (Å²) >= 11 is 0. The van der Waals surface area contributed by atoms with Crippen LogP contribution in [0.3, 0.4) is 0 Å². The lowest BCUT2D eigenvalue weighted by atomic mass is 9.68. The maximum Gasteiger partial charge on any atom is 0.338 e. The van der Waals surface area contributed by atoms with Gasteiger partial charge in [-0.05, 0) is 103 Å². The molecule has 0 atom stereocenters. The monoisotopic (exact) mass is 946 g/mol. The molecule has 0 saturated heterocycles. The SMILES string of the molecule is [C-]#[N+]C(C#N)=C1c2ccccc2-c2c(C(=O)OCCOc3ccc(C4(c5ccc(OCCOC(=O)c6cccc7c6-c6ccccc6C7=C(C#N)[N+]#[C-])cc5)c5ccccc5-c5ccccc54)cc3)cccc21. The minimum atomic E-state index is -0.700. The largest absolute Gasteiger partial charge is 0.490 e. The van der Waals surface area contributed by atoms with E-state index >= 15 is 0 Å². The van der Waals surface area contributed by atoms with Crippen molar-refractivity contribution in [1.29, 1.82) is 10.5 Å². The van der Waals surface area contributed by atoms with Crippen LogP contribution >= 0.6 is 0 Å². The number of allylic oxidation sites excluding steroid dienone is 2. The third kappa shape index (κ3) is 7.47. The standard InChI is InChI=1S/C63H38N4O6/c1-66-55(37-64)59-47-17-5-3-15-45(47)57-49(59)19-11-21-51(57)61(68)72-35-33-70-41-29-25-39(26-30-41)63(53-23-9-7-13-43(53)44-14-8-10-24-54(44)63)40-27-31-42(32-28-40)71-34-36-73-62(69)52-22-12-20-50-58(52)46-16-4-6-18-48(46)60(50)56(38-65)67-2/h3-32H,33-36H2. The van der Waals surface area contributed by atoms with Crippen LogP contribution in [0.25, 0.3) is 54.2 Å². The average molecular weight is 947 g/mol. The molecule has 0 aromatic heterocycles. The van der Waals surface area contributed by atoms with Gasteiger partial charge in [-0.3, -0.25) is 0 Å². The number of esters is 2. The van der Waals surface area contributed by atoms with Crippen LogP contribution in [0, 0.1) is 35.8 Å². The average Bonchev–Trinajstić information content (AvgIpc) is 4.07. The minimum Gasteiger partial charge on any atom is -0.490 e. The summed E-state index contributed by atoms with van der Waals surface area (Å²) in [6.07, 6.45) is 0. The molecule has 10 nitrogen and oxygen atoms in total. The Labute approximate surface area is 421 Å². The van der Waals surface area contributed by atoms with Crippen molar-refractivity contribution in [3.63, 3.8) is 0 Å². The van der Waals surface area contributed by atoms with Gasteiger partial charge in [0.25, 0.3) is 11.4 Å². The number of ether oxygens (including phenoxy) is 4. The second kappa shape index (κ2) is 18.9. The molecular formula is C63H38N4O6. The molecule has 0 radical (unpaired) electrons. The highest BCUT2D eigenvalue weighted by atomic mass is 16.6. The summed E-state index contributed by atoms with van der Waals surface area (Å²) < 4.78 is 23.8. The molecular weight excluding hydrogens is 909 g/mol. The van der Waals surface area contributed by atoms with Crippen molar-refractivity contribution in [2.45, 2.75) is 5.41 Å². The van der Waals surface area contributed by atoms with E-state index in [2.05, 4.69) is 82.5 Å². The van der Waals surface area contributed by atoms with Crippen LogP contribution < -0.4 is 9.47 Å². The fourth-order valence-electron chi connectivity index (χ4n) is 10.7. The van der Waals surface area contributed by atoms with Crippen LogP contribution in [0.5, 0.6) is 11.5 Å². The van der Waals surface area contributed by atoms with Gasteiger partial charge in [-0.2, -0.15) is 0 Å². The number of fused-ring (bicyclic) bond motifs is 9. The zero-order valence-corrected chi connectivity index (χ0v) is 38.9. The van der Waals surface area contributed by atoms with E-state index in [9.17, 15) is 20.1 Å². The normalized spacial score (nSPS) is 13.9. The Kier molecular flexibility index (Phi) is 11.7. The van der Waals surface area contributed by atoms with Gasteiger partial charge in [0.2, 0.25) is 0 Å². The zero-order chi connectivity index (χ0) is 50.1. The first-order chi connectivity index (χ1) is 35.9. The molecule has 0 bridgehead atoms. The molecule has 8 aromatic carbocycles. The number of carbonyl (C=O) groups excluding carboxylic acids is 2. The molecule has 3 aliphatic carbocycles. The Morgan fingerprint density at radius 3 is 1.16 bits per heavy atom. The Morgan fingerprint density at radius 1 is 0.425 bits per heavy atom. The van der Waals surface area contributed by atoms with Crippen molar-refractivity contribution in [2.24, 2.45) is 0 Å². The summed E-state index contributed by atoms with van der Waals surface area (Å²) in [6.45, 7) is 15.4. The third-order valence-electron chi connectivity index (χ3n) is 13.6.